The minimum atomic E-state index is 0.0259. The van der Waals surface area contributed by atoms with Gasteiger partial charge in [-0.15, -0.1) is 0 Å². The van der Waals surface area contributed by atoms with E-state index in [1.165, 1.54) is 6.39 Å². The van der Waals surface area contributed by atoms with E-state index in [2.05, 4.69) is 9.88 Å². The summed E-state index contributed by atoms with van der Waals surface area (Å²) in [6.45, 7) is 2.89. The largest absolute Gasteiger partial charge is 0.495 e. The van der Waals surface area contributed by atoms with Crippen LogP contribution in [0.2, 0.25) is 0 Å². The van der Waals surface area contributed by atoms with Crippen LogP contribution in [0.4, 0.5) is 5.69 Å². The average Bonchev–Trinajstić information content (AvgIpc) is 3.15. The molecule has 4 rings (SSSR count). The third-order valence-electron chi connectivity index (χ3n) is 4.57. The fourth-order valence-electron chi connectivity index (χ4n) is 3.21. The van der Waals surface area contributed by atoms with E-state index < -0.39 is 0 Å². The molecule has 0 atom stereocenters. The van der Waals surface area contributed by atoms with Gasteiger partial charge in [0.25, 0.3) is 5.91 Å². The summed E-state index contributed by atoms with van der Waals surface area (Å²) in [6, 6.07) is 13.4. The Labute approximate surface area is 145 Å². The van der Waals surface area contributed by atoms with Gasteiger partial charge < -0.3 is 19.0 Å². The first-order valence-electron chi connectivity index (χ1n) is 8.27. The smallest absolute Gasteiger partial charge is 0.254 e. The first-order valence-corrected chi connectivity index (χ1v) is 8.27. The molecule has 3 aromatic rings. The van der Waals surface area contributed by atoms with Crippen LogP contribution in [0.5, 0.6) is 5.75 Å². The topological polar surface area (TPSA) is 58.8 Å². The number of aromatic nitrogens is 1. The van der Waals surface area contributed by atoms with Crippen LogP contribution in [0.25, 0.3) is 11.1 Å². The molecule has 0 aliphatic carbocycles. The lowest BCUT2D eigenvalue weighted by atomic mass is 10.1. The highest BCUT2D eigenvalue weighted by Crippen LogP contribution is 2.28. The van der Waals surface area contributed by atoms with Crippen molar-refractivity contribution in [3.05, 3.63) is 54.4 Å². The van der Waals surface area contributed by atoms with E-state index in [4.69, 9.17) is 9.15 Å². The lowest BCUT2D eigenvalue weighted by molar-refractivity contribution is 0.0746. The van der Waals surface area contributed by atoms with Crippen LogP contribution in [-0.4, -0.2) is 49.1 Å². The number of anilines is 1. The van der Waals surface area contributed by atoms with Crippen molar-refractivity contribution in [2.75, 3.05) is 38.2 Å². The molecule has 1 amide bonds. The molecule has 1 saturated heterocycles. The molecule has 0 unspecified atom stereocenters. The lowest BCUT2D eigenvalue weighted by Gasteiger charge is -2.36. The standard InChI is InChI=1S/C19H19N3O3/c1-24-17-5-3-2-4-16(17)21-8-10-22(11-9-21)19(23)14-6-7-15-18(12-14)25-13-20-15/h2-7,12-13H,8-11H2,1H3. The van der Waals surface area contributed by atoms with Crippen LogP contribution in [-0.2, 0) is 0 Å². The number of methoxy groups -OCH3 is 1. The third kappa shape index (κ3) is 2.91. The molecule has 0 radical (unpaired) electrons. The molecule has 1 aromatic heterocycles. The first kappa shape index (κ1) is 15.5. The van der Waals surface area contributed by atoms with Crippen LogP contribution in [0.1, 0.15) is 10.4 Å². The van der Waals surface area contributed by atoms with E-state index in [0.29, 0.717) is 24.2 Å². The second-order valence-electron chi connectivity index (χ2n) is 5.99. The number of carbonyl (C=O) groups excluding carboxylic acids is 1. The SMILES string of the molecule is COc1ccccc1N1CCN(C(=O)c2ccc3ncoc3c2)CC1. The molecule has 25 heavy (non-hydrogen) atoms. The highest BCUT2D eigenvalue weighted by atomic mass is 16.5. The molecule has 6 nitrogen and oxygen atoms in total. The van der Waals surface area contributed by atoms with Crippen molar-refractivity contribution in [1.82, 2.24) is 9.88 Å². The summed E-state index contributed by atoms with van der Waals surface area (Å²) in [5.41, 5.74) is 3.10. The van der Waals surface area contributed by atoms with Crippen LogP contribution in [0.15, 0.2) is 53.3 Å². The third-order valence-corrected chi connectivity index (χ3v) is 4.57. The molecule has 2 heterocycles. The Morgan fingerprint density at radius 2 is 1.92 bits per heavy atom. The second kappa shape index (κ2) is 6.47. The number of fused-ring (bicyclic) bond motifs is 1. The summed E-state index contributed by atoms with van der Waals surface area (Å²) >= 11 is 0. The summed E-state index contributed by atoms with van der Waals surface area (Å²) in [6.07, 6.45) is 1.39. The van der Waals surface area contributed by atoms with E-state index in [1.54, 1.807) is 19.2 Å². The number of ether oxygens (including phenoxy) is 1. The molecule has 128 valence electrons. The van der Waals surface area contributed by atoms with Gasteiger partial charge in [-0.2, -0.15) is 0 Å². The van der Waals surface area contributed by atoms with Gasteiger partial charge in [-0.05, 0) is 30.3 Å². The second-order valence-corrected chi connectivity index (χ2v) is 5.99. The monoisotopic (exact) mass is 337 g/mol. The number of hydrogen-bond donors (Lipinski definition) is 0. The van der Waals surface area contributed by atoms with Gasteiger partial charge in [-0.25, -0.2) is 4.98 Å². The maximum absolute atomic E-state index is 12.8. The molecule has 0 spiro atoms. The van der Waals surface area contributed by atoms with Crippen LogP contribution < -0.4 is 9.64 Å². The van der Waals surface area contributed by atoms with E-state index in [-0.39, 0.29) is 5.91 Å². The maximum Gasteiger partial charge on any atom is 0.254 e. The molecule has 1 aliphatic heterocycles. The number of rotatable bonds is 3. The Morgan fingerprint density at radius 1 is 1.12 bits per heavy atom. The van der Waals surface area contributed by atoms with Gasteiger partial charge in [0.2, 0.25) is 0 Å². The zero-order chi connectivity index (χ0) is 17.2. The highest BCUT2D eigenvalue weighted by Gasteiger charge is 2.24. The van der Waals surface area contributed by atoms with Gasteiger partial charge in [0.15, 0.2) is 12.0 Å². The quantitative estimate of drug-likeness (QED) is 0.735. The van der Waals surface area contributed by atoms with Gasteiger partial charge >= 0.3 is 0 Å². The number of para-hydroxylation sites is 2. The highest BCUT2D eigenvalue weighted by molar-refractivity contribution is 5.97. The van der Waals surface area contributed by atoms with Gasteiger partial charge in [-0.3, -0.25) is 4.79 Å². The molecule has 6 heteroatoms. The van der Waals surface area contributed by atoms with Crippen molar-refractivity contribution in [2.45, 2.75) is 0 Å². The van der Waals surface area contributed by atoms with Crippen LogP contribution in [0.3, 0.4) is 0 Å². The minimum absolute atomic E-state index is 0.0259. The van der Waals surface area contributed by atoms with E-state index >= 15 is 0 Å². The Bertz CT molecular complexity index is 898. The normalized spacial score (nSPS) is 14.8. The predicted octanol–water partition coefficient (Wildman–Crippen LogP) is 2.80. The summed E-state index contributed by atoms with van der Waals surface area (Å²) in [7, 11) is 1.68. The Balaban J connectivity index is 1.46. The fraction of sp³-hybridized carbons (Fsp3) is 0.263. The Hall–Kier alpha value is -3.02. The number of amides is 1. The number of nitrogens with zero attached hydrogens (tertiary/aromatic N) is 3. The zero-order valence-corrected chi connectivity index (χ0v) is 14.0. The van der Waals surface area contributed by atoms with Crippen molar-refractivity contribution >= 4 is 22.7 Å². The number of carbonyl (C=O) groups is 1. The van der Waals surface area contributed by atoms with E-state index in [0.717, 1.165) is 30.0 Å². The van der Waals surface area contributed by atoms with Crippen molar-refractivity contribution in [2.24, 2.45) is 0 Å². The molecule has 2 aromatic carbocycles. The molecule has 1 aliphatic rings. The fourth-order valence-corrected chi connectivity index (χ4v) is 3.21. The average molecular weight is 337 g/mol. The van der Waals surface area contributed by atoms with Gasteiger partial charge in [0.05, 0.1) is 12.8 Å². The number of hydrogen-bond acceptors (Lipinski definition) is 5. The lowest BCUT2D eigenvalue weighted by Crippen LogP contribution is -2.48. The zero-order valence-electron chi connectivity index (χ0n) is 14.0. The Kier molecular flexibility index (Phi) is 4.01. The Morgan fingerprint density at radius 3 is 2.72 bits per heavy atom. The van der Waals surface area contributed by atoms with E-state index in [9.17, 15) is 4.79 Å². The molecular formula is C19H19N3O3. The predicted molar refractivity (Wildman–Crippen MR) is 95.1 cm³/mol. The van der Waals surface area contributed by atoms with Crippen LogP contribution >= 0.6 is 0 Å². The molecule has 0 bridgehead atoms. The number of oxazole rings is 1. The maximum atomic E-state index is 12.8. The number of benzene rings is 2. The molecule has 1 fully saturated rings. The first-order chi connectivity index (χ1) is 12.3. The summed E-state index contributed by atoms with van der Waals surface area (Å²) < 4.78 is 10.7. The summed E-state index contributed by atoms with van der Waals surface area (Å²) in [5.74, 6) is 0.885. The summed E-state index contributed by atoms with van der Waals surface area (Å²) in [5, 5.41) is 0. The van der Waals surface area contributed by atoms with Crippen molar-refractivity contribution < 1.29 is 13.9 Å². The minimum Gasteiger partial charge on any atom is -0.495 e. The van der Waals surface area contributed by atoms with Gasteiger partial charge in [0, 0.05) is 31.7 Å². The molecular weight excluding hydrogens is 318 g/mol. The van der Waals surface area contributed by atoms with Crippen LogP contribution in [0, 0.1) is 0 Å². The van der Waals surface area contributed by atoms with Crippen molar-refractivity contribution in [3.63, 3.8) is 0 Å². The van der Waals surface area contributed by atoms with Crippen molar-refractivity contribution in [1.29, 1.82) is 0 Å². The molecule has 0 N–H and O–H groups in total. The molecule has 0 saturated carbocycles. The summed E-state index contributed by atoms with van der Waals surface area (Å²) in [4.78, 5) is 21.0. The van der Waals surface area contributed by atoms with Gasteiger partial charge in [0.1, 0.15) is 11.3 Å². The van der Waals surface area contributed by atoms with E-state index in [1.807, 2.05) is 35.2 Å². The van der Waals surface area contributed by atoms with Gasteiger partial charge in [-0.1, -0.05) is 12.1 Å². The number of piperazine rings is 1. The van der Waals surface area contributed by atoms with Crippen molar-refractivity contribution in [3.8, 4) is 5.75 Å².